The molecule has 0 radical (unpaired) electrons. The molecule has 2 unspecified atom stereocenters. The van der Waals surface area contributed by atoms with Gasteiger partial charge in [0, 0.05) is 25.3 Å². The third-order valence-electron chi connectivity index (χ3n) is 4.58. The molecule has 3 nitrogen and oxygen atoms in total. The van der Waals surface area contributed by atoms with Crippen LogP contribution in [0, 0.1) is 5.82 Å². The Morgan fingerprint density at radius 3 is 2.74 bits per heavy atom. The van der Waals surface area contributed by atoms with Gasteiger partial charge in [-0.3, -0.25) is 4.99 Å². The molecule has 0 aliphatic carbocycles. The smallest absolute Gasteiger partial charge is 0.123 e. The van der Waals surface area contributed by atoms with Crippen LogP contribution in [0.4, 0.5) is 4.39 Å². The SMILES string of the molecule is Fc1ccc(C(CC2=NCCN2)C2Cc3ccccc3O2)cc1. The third kappa shape index (κ3) is 2.93. The van der Waals surface area contributed by atoms with Crippen LogP contribution >= 0.6 is 0 Å². The van der Waals surface area contributed by atoms with Crippen molar-refractivity contribution in [3.8, 4) is 5.75 Å². The lowest BCUT2D eigenvalue weighted by Crippen LogP contribution is -2.29. The Balaban J connectivity index is 1.61. The topological polar surface area (TPSA) is 33.6 Å². The van der Waals surface area contributed by atoms with Crippen LogP contribution in [0.25, 0.3) is 0 Å². The van der Waals surface area contributed by atoms with Crippen LogP contribution in [0.15, 0.2) is 53.5 Å². The van der Waals surface area contributed by atoms with Gasteiger partial charge in [-0.2, -0.15) is 0 Å². The van der Waals surface area contributed by atoms with Gasteiger partial charge in [0.1, 0.15) is 17.7 Å². The number of aliphatic imine (C=N–C) groups is 1. The molecule has 4 heteroatoms. The summed E-state index contributed by atoms with van der Waals surface area (Å²) < 4.78 is 19.5. The lowest BCUT2D eigenvalue weighted by molar-refractivity contribution is 0.199. The fraction of sp³-hybridized carbons (Fsp3) is 0.316. The summed E-state index contributed by atoms with van der Waals surface area (Å²) in [6, 6.07) is 14.9. The van der Waals surface area contributed by atoms with E-state index in [9.17, 15) is 4.39 Å². The maximum absolute atomic E-state index is 13.3. The van der Waals surface area contributed by atoms with Crippen molar-refractivity contribution in [1.29, 1.82) is 0 Å². The molecule has 0 saturated heterocycles. The average molecular weight is 310 g/mol. The molecule has 0 bridgehead atoms. The molecule has 2 aromatic carbocycles. The molecule has 2 aliphatic rings. The number of hydrogen-bond acceptors (Lipinski definition) is 3. The molecule has 2 aliphatic heterocycles. The Morgan fingerprint density at radius 2 is 2.00 bits per heavy atom. The van der Waals surface area contributed by atoms with Crippen molar-refractivity contribution in [3.63, 3.8) is 0 Å². The maximum Gasteiger partial charge on any atom is 0.123 e. The molecular weight excluding hydrogens is 291 g/mol. The van der Waals surface area contributed by atoms with Gasteiger partial charge in [-0.25, -0.2) is 4.39 Å². The molecule has 4 rings (SSSR count). The van der Waals surface area contributed by atoms with Gasteiger partial charge in [0.2, 0.25) is 0 Å². The van der Waals surface area contributed by atoms with Crippen LogP contribution in [0.1, 0.15) is 23.5 Å². The Morgan fingerprint density at radius 1 is 1.17 bits per heavy atom. The van der Waals surface area contributed by atoms with Gasteiger partial charge in [-0.15, -0.1) is 0 Å². The second-order valence-electron chi connectivity index (χ2n) is 6.09. The number of para-hydroxylation sites is 1. The number of nitrogens with zero attached hydrogens (tertiary/aromatic N) is 1. The van der Waals surface area contributed by atoms with Gasteiger partial charge >= 0.3 is 0 Å². The summed E-state index contributed by atoms with van der Waals surface area (Å²) in [5.41, 5.74) is 2.34. The van der Waals surface area contributed by atoms with E-state index in [0.29, 0.717) is 0 Å². The van der Waals surface area contributed by atoms with Crippen LogP contribution in [-0.4, -0.2) is 25.0 Å². The fourth-order valence-electron chi connectivity index (χ4n) is 3.40. The number of amidine groups is 1. The van der Waals surface area contributed by atoms with Crippen LogP contribution in [0.3, 0.4) is 0 Å². The van der Waals surface area contributed by atoms with Gasteiger partial charge in [-0.1, -0.05) is 30.3 Å². The Kier molecular flexibility index (Phi) is 3.74. The molecule has 0 fully saturated rings. The zero-order valence-corrected chi connectivity index (χ0v) is 12.8. The number of hydrogen-bond donors (Lipinski definition) is 1. The summed E-state index contributed by atoms with van der Waals surface area (Å²) in [5.74, 6) is 1.94. The van der Waals surface area contributed by atoms with Crippen molar-refractivity contribution < 1.29 is 9.13 Å². The number of benzene rings is 2. The van der Waals surface area contributed by atoms with Crippen molar-refractivity contribution in [2.75, 3.05) is 13.1 Å². The predicted molar refractivity (Wildman–Crippen MR) is 88.6 cm³/mol. The number of nitrogens with one attached hydrogen (secondary N) is 1. The molecule has 2 heterocycles. The predicted octanol–water partition coefficient (Wildman–Crippen LogP) is 3.30. The van der Waals surface area contributed by atoms with Crippen molar-refractivity contribution in [1.82, 2.24) is 5.32 Å². The zero-order valence-electron chi connectivity index (χ0n) is 12.8. The molecule has 2 atom stereocenters. The van der Waals surface area contributed by atoms with E-state index in [-0.39, 0.29) is 17.8 Å². The highest BCUT2D eigenvalue weighted by atomic mass is 19.1. The van der Waals surface area contributed by atoms with Crippen molar-refractivity contribution >= 4 is 5.84 Å². The molecule has 118 valence electrons. The van der Waals surface area contributed by atoms with Crippen molar-refractivity contribution in [3.05, 3.63) is 65.5 Å². The minimum atomic E-state index is -0.209. The zero-order chi connectivity index (χ0) is 15.6. The molecule has 1 N–H and O–H groups in total. The summed E-state index contributed by atoms with van der Waals surface area (Å²) >= 11 is 0. The summed E-state index contributed by atoms with van der Waals surface area (Å²) in [6.07, 6.45) is 1.73. The highest BCUT2D eigenvalue weighted by Crippen LogP contribution is 2.37. The van der Waals surface area contributed by atoms with Crippen molar-refractivity contribution in [2.24, 2.45) is 4.99 Å². The van der Waals surface area contributed by atoms with Crippen LogP contribution < -0.4 is 10.1 Å². The minimum Gasteiger partial charge on any atom is -0.489 e. The summed E-state index contributed by atoms with van der Waals surface area (Å²) in [5, 5.41) is 3.33. The van der Waals surface area contributed by atoms with Crippen LogP contribution in [0.5, 0.6) is 5.75 Å². The van der Waals surface area contributed by atoms with Gasteiger partial charge in [0.25, 0.3) is 0 Å². The van der Waals surface area contributed by atoms with Gasteiger partial charge in [-0.05, 0) is 29.3 Å². The Labute approximate surface area is 135 Å². The molecule has 2 aromatic rings. The lowest BCUT2D eigenvalue weighted by Gasteiger charge is -2.24. The first kappa shape index (κ1) is 14.2. The van der Waals surface area contributed by atoms with E-state index in [1.165, 1.54) is 17.7 Å². The maximum atomic E-state index is 13.3. The van der Waals surface area contributed by atoms with Gasteiger partial charge < -0.3 is 10.1 Å². The number of fused-ring (bicyclic) bond motifs is 1. The molecule has 23 heavy (non-hydrogen) atoms. The van der Waals surface area contributed by atoms with E-state index in [0.717, 1.165) is 43.1 Å². The number of ether oxygens (including phenoxy) is 1. The monoisotopic (exact) mass is 310 g/mol. The third-order valence-corrected chi connectivity index (χ3v) is 4.58. The Hall–Kier alpha value is -2.36. The largest absolute Gasteiger partial charge is 0.489 e. The first-order valence-corrected chi connectivity index (χ1v) is 8.07. The van der Waals surface area contributed by atoms with Crippen LogP contribution in [-0.2, 0) is 6.42 Å². The molecular formula is C19H19FN2O. The fourth-order valence-corrected chi connectivity index (χ4v) is 3.40. The van der Waals surface area contributed by atoms with E-state index < -0.39 is 0 Å². The van der Waals surface area contributed by atoms with Gasteiger partial charge in [0.15, 0.2) is 0 Å². The molecule has 0 spiro atoms. The van der Waals surface area contributed by atoms with E-state index in [1.54, 1.807) is 0 Å². The van der Waals surface area contributed by atoms with E-state index in [4.69, 9.17) is 4.74 Å². The van der Waals surface area contributed by atoms with Crippen molar-refractivity contribution in [2.45, 2.75) is 24.9 Å². The lowest BCUT2D eigenvalue weighted by atomic mass is 9.87. The highest BCUT2D eigenvalue weighted by Gasteiger charge is 2.32. The molecule has 0 saturated carbocycles. The summed E-state index contributed by atoms with van der Waals surface area (Å²) in [6.45, 7) is 1.73. The van der Waals surface area contributed by atoms with E-state index in [1.807, 2.05) is 30.3 Å². The van der Waals surface area contributed by atoms with Crippen LogP contribution in [0.2, 0.25) is 0 Å². The van der Waals surface area contributed by atoms with E-state index >= 15 is 0 Å². The Bertz CT molecular complexity index is 701. The molecule has 0 aromatic heterocycles. The normalized spacial score (nSPS) is 20.4. The quantitative estimate of drug-likeness (QED) is 0.940. The first-order chi connectivity index (χ1) is 11.3. The first-order valence-electron chi connectivity index (χ1n) is 8.07. The van der Waals surface area contributed by atoms with Gasteiger partial charge in [0.05, 0.1) is 12.4 Å². The second kappa shape index (κ2) is 6.03. The number of rotatable bonds is 4. The van der Waals surface area contributed by atoms with E-state index in [2.05, 4.69) is 16.4 Å². The highest BCUT2D eigenvalue weighted by molar-refractivity contribution is 5.84. The molecule has 0 amide bonds. The number of halogens is 1. The second-order valence-corrected chi connectivity index (χ2v) is 6.09. The summed E-state index contributed by atoms with van der Waals surface area (Å²) in [4.78, 5) is 4.52. The standard InChI is InChI=1S/C19H19FN2O/c20-15-7-5-13(6-8-15)16(12-19-21-9-10-22-19)18-11-14-3-1-2-4-17(14)23-18/h1-8,16,18H,9-12H2,(H,21,22). The average Bonchev–Trinajstić information content (AvgIpc) is 3.22. The summed E-state index contributed by atoms with van der Waals surface area (Å²) in [7, 11) is 0. The minimum absolute atomic E-state index is 0.0583.